The van der Waals surface area contributed by atoms with Gasteiger partial charge in [0.05, 0.1) is 31.1 Å². The fourth-order valence-corrected chi connectivity index (χ4v) is 3.60. The van der Waals surface area contributed by atoms with Crippen molar-refractivity contribution >= 4 is 0 Å². The van der Waals surface area contributed by atoms with Gasteiger partial charge in [-0.2, -0.15) is 0 Å². The number of hydrogen-bond acceptors (Lipinski definition) is 5. The number of likely N-dealkylation sites (tertiary alicyclic amines) is 1. The van der Waals surface area contributed by atoms with Crippen LogP contribution in [0.15, 0.2) is 22.8 Å². The molecule has 2 saturated heterocycles. The van der Waals surface area contributed by atoms with Crippen molar-refractivity contribution in [2.24, 2.45) is 0 Å². The van der Waals surface area contributed by atoms with Gasteiger partial charge in [-0.05, 0) is 44.4 Å². The van der Waals surface area contributed by atoms with Crippen LogP contribution in [0.2, 0.25) is 0 Å². The lowest BCUT2D eigenvalue weighted by Crippen LogP contribution is -2.38. The van der Waals surface area contributed by atoms with Crippen LogP contribution in [0.5, 0.6) is 0 Å². The SMILES string of the molecule is OC(COC1CCOCC1)CN1CCCCCC1c1ccco1. The predicted octanol–water partition coefficient (Wildman–Crippen LogP) is 2.75. The largest absolute Gasteiger partial charge is 0.468 e. The van der Waals surface area contributed by atoms with Gasteiger partial charge < -0.3 is 19.0 Å². The van der Waals surface area contributed by atoms with Crippen LogP contribution in [0.3, 0.4) is 0 Å². The molecule has 1 aromatic rings. The van der Waals surface area contributed by atoms with Crippen molar-refractivity contribution in [2.45, 2.75) is 56.8 Å². The lowest BCUT2D eigenvalue weighted by Gasteiger charge is -2.31. The second-order valence-electron chi connectivity index (χ2n) is 6.67. The molecule has 0 amide bonds. The molecule has 2 fully saturated rings. The highest BCUT2D eigenvalue weighted by Crippen LogP contribution is 2.30. The summed E-state index contributed by atoms with van der Waals surface area (Å²) in [7, 11) is 0. The Balaban J connectivity index is 1.50. The fraction of sp³-hybridized carbons (Fsp3) is 0.778. The zero-order valence-corrected chi connectivity index (χ0v) is 13.9. The summed E-state index contributed by atoms with van der Waals surface area (Å²) in [5.74, 6) is 1.02. The van der Waals surface area contributed by atoms with Crippen molar-refractivity contribution in [2.75, 3.05) is 32.9 Å². The number of nitrogens with zero attached hydrogens (tertiary/aromatic N) is 1. The van der Waals surface area contributed by atoms with E-state index in [0.717, 1.165) is 44.8 Å². The first-order valence-corrected chi connectivity index (χ1v) is 8.98. The Morgan fingerprint density at radius 2 is 2.09 bits per heavy atom. The summed E-state index contributed by atoms with van der Waals surface area (Å²) in [4.78, 5) is 2.36. The van der Waals surface area contributed by atoms with Gasteiger partial charge in [-0.15, -0.1) is 0 Å². The van der Waals surface area contributed by atoms with E-state index in [0.29, 0.717) is 13.2 Å². The molecule has 2 aliphatic rings. The van der Waals surface area contributed by atoms with Gasteiger partial charge in [-0.1, -0.05) is 12.8 Å². The summed E-state index contributed by atoms with van der Waals surface area (Å²) >= 11 is 0. The number of aliphatic hydroxyl groups is 1. The molecule has 0 aromatic carbocycles. The summed E-state index contributed by atoms with van der Waals surface area (Å²) in [6, 6.07) is 4.28. The van der Waals surface area contributed by atoms with E-state index < -0.39 is 6.10 Å². The minimum absolute atomic E-state index is 0.239. The van der Waals surface area contributed by atoms with E-state index in [1.807, 2.05) is 12.1 Å². The molecule has 1 aromatic heterocycles. The van der Waals surface area contributed by atoms with Gasteiger partial charge in [0.1, 0.15) is 5.76 Å². The van der Waals surface area contributed by atoms with E-state index in [2.05, 4.69) is 4.90 Å². The third kappa shape index (κ3) is 5.05. The Labute approximate surface area is 138 Å². The molecule has 2 unspecified atom stereocenters. The fourth-order valence-electron chi connectivity index (χ4n) is 3.60. The molecule has 5 nitrogen and oxygen atoms in total. The minimum atomic E-state index is -0.451. The maximum absolute atomic E-state index is 10.4. The quantitative estimate of drug-likeness (QED) is 0.872. The van der Waals surface area contributed by atoms with Crippen LogP contribution in [-0.2, 0) is 9.47 Å². The average Bonchev–Trinajstić information content (AvgIpc) is 3.01. The third-order valence-corrected chi connectivity index (χ3v) is 4.87. The topological polar surface area (TPSA) is 55.1 Å². The normalized spacial score (nSPS) is 26.0. The lowest BCUT2D eigenvalue weighted by atomic mass is 10.1. The van der Waals surface area contributed by atoms with Crippen molar-refractivity contribution in [1.82, 2.24) is 4.90 Å². The number of β-amino-alcohol motifs (C(OH)–C–C–N with tert-alkyl or cyclic N) is 1. The Kier molecular flexibility index (Phi) is 6.51. The van der Waals surface area contributed by atoms with Crippen molar-refractivity contribution in [3.63, 3.8) is 0 Å². The molecule has 23 heavy (non-hydrogen) atoms. The highest BCUT2D eigenvalue weighted by atomic mass is 16.5. The van der Waals surface area contributed by atoms with Crippen LogP contribution in [0.4, 0.5) is 0 Å². The van der Waals surface area contributed by atoms with Gasteiger partial charge in [-0.25, -0.2) is 0 Å². The second kappa shape index (κ2) is 8.83. The van der Waals surface area contributed by atoms with Crippen molar-refractivity contribution in [3.05, 3.63) is 24.2 Å². The molecule has 2 atom stereocenters. The van der Waals surface area contributed by atoms with Crippen LogP contribution < -0.4 is 0 Å². The highest BCUT2D eigenvalue weighted by molar-refractivity contribution is 5.05. The van der Waals surface area contributed by atoms with Crippen LogP contribution in [0.25, 0.3) is 0 Å². The van der Waals surface area contributed by atoms with Crippen LogP contribution >= 0.6 is 0 Å². The highest BCUT2D eigenvalue weighted by Gasteiger charge is 2.27. The van der Waals surface area contributed by atoms with Crippen molar-refractivity contribution in [3.8, 4) is 0 Å². The first-order chi connectivity index (χ1) is 11.3. The molecule has 5 heteroatoms. The van der Waals surface area contributed by atoms with Gasteiger partial charge in [0.2, 0.25) is 0 Å². The Morgan fingerprint density at radius 3 is 2.87 bits per heavy atom. The first-order valence-electron chi connectivity index (χ1n) is 8.98. The molecular weight excluding hydrogens is 294 g/mol. The summed E-state index contributed by atoms with van der Waals surface area (Å²) in [5.41, 5.74) is 0. The molecule has 130 valence electrons. The molecule has 3 heterocycles. The minimum Gasteiger partial charge on any atom is -0.468 e. The molecule has 0 radical (unpaired) electrons. The number of hydrogen-bond donors (Lipinski definition) is 1. The third-order valence-electron chi connectivity index (χ3n) is 4.87. The monoisotopic (exact) mass is 323 g/mol. The lowest BCUT2D eigenvalue weighted by molar-refractivity contribution is -0.0664. The van der Waals surface area contributed by atoms with E-state index in [9.17, 15) is 5.11 Å². The van der Waals surface area contributed by atoms with E-state index >= 15 is 0 Å². The predicted molar refractivity (Wildman–Crippen MR) is 87.3 cm³/mol. The Hall–Kier alpha value is -0.880. The van der Waals surface area contributed by atoms with Gasteiger partial charge >= 0.3 is 0 Å². The van der Waals surface area contributed by atoms with E-state index in [-0.39, 0.29) is 12.1 Å². The smallest absolute Gasteiger partial charge is 0.120 e. The second-order valence-corrected chi connectivity index (χ2v) is 6.67. The molecule has 1 N–H and O–H groups in total. The van der Waals surface area contributed by atoms with Crippen molar-refractivity contribution < 1.29 is 19.0 Å². The molecule has 3 rings (SSSR count). The van der Waals surface area contributed by atoms with Crippen LogP contribution in [0, 0.1) is 0 Å². The van der Waals surface area contributed by atoms with E-state index in [1.165, 1.54) is 19.3 Å². The van der Waals surface area contributed by atoms with Gasteiger partial charge in [0.25, 0.3) is 0 Å². The molecule has 0 spiro atoms. The van der Waals surface area contributed by atoms with Gasteiger partial charge in [-0.3, -0.25) is 4.90 Å². The van der Waals surface area contributed by atoms with Gasteiger partial charge in [0, 0.05) is 19.8 Å². The molecular formula is C18H29NO4. The standard InChI is InChI=1S/C18H29NO4/c20-15(14-23-16-7-11-21-12-8-16)13-19-9-3-1-2-5-17(19)18-6-4-10-22-18/h4,6,10,15-17,20H,1-3,5,7-9,11-14H2. The maximum Gasteiger partial charge on any atom is 0.120 e. The van der Waals surface area contributed by atoms with E-state index in [1.54, 1.807) is 6.26 Å². The summed E-state index contributed by atoms with van der Waals surface area (Å²) in [6.07, 6.45) is 8.15. The van der Waals surface area contributed by atoms with Crippen LogP contribution in [0.1, 0.15) is 50.3 Å². The van der Waals surface area contributed by atoms with Gasteiger partial charge in [0.15, 0.2) is 0 Å². The molecule has 0 bridgehead atoms. The van der Waals surface area contributed by atoms with Crippen LogP contribution in [-0.4, -0.2) is 55.1 Å². The number of furan rings is 1. The Morgan fingerprint density at radius 1 is 1.22 bits per heavy atom. The molecule has 2 aliphatic heterocycles. The number of rotatable bonds is 6. The van der Waals surface area contributed by atoms with Crippen molar-refractivity contribution in [1.29, 1.82) is 0 Å². The zero-order valence-electron chi connectivity index (χ0n) is 13.9. The summed E-state index contributed by atoms with van der Waals surface area (Å²) < 4.78 is 16.8. The summed E-state index contributed by atoms with van der Waals surface area (Å²) in [5, 5.41) is 10.4. The number of aliphatic hydroxyl groups excluding tert-OH is 1. The molecule has 0 saturated carbocycles. The average molecular weight is 323 g/mol. The zero-order chi connectivity index (χ0) is 15.9. The number of ether oxygens (including phenoxy) is 2. The summed E-state index contributed by atoms with van der Waals surface area (Å²) in [6.45, 7) is 3.61. The molecule has 0 aliphatic carbocycles. The maximum atomic E-state index is 10.4. The first kappa shape index (κ1) is 17.0. The Bertz CT molecular complexity index is 430. The van der Waals surface area contributed by atoms with E-state index in [4.69, 9.17) is 13.9 Å².